The molecule has 1 amide bonds. The van der Waals surface area contributed by atoms with Crippen LogP contribution in [0.1, 0.15) is 18.9 Å². The number of primary amides is 1. The van der Waals surface area contributed by atoms with Gasteiger partial charge >= 0.3 is 0 Å². The van der Waals surface area contributed by atoms with E-state index >= 15 is 0 Å². The van der Waals surface area contributed by atoms with Crippen LogP contribution in [-0.4, -0.2) is 23.4 Å². The lowest BCUT2D eigenvalue weighted by atomic mass is 10.1. The number of carbonyl (C=O) groups excluding carboxylic acids is 1. The van der Waals surface area contributed by atoms with Crippen molar-refractivity contribution in [3.8, 4) is 5.75 Å². The van der Waals surface area contributed by atoms with Crippen molar-refractivity contribution in [1.29, 1.82) is 0 Å². The third-order valence-corrected chi connectivity index (χ3v) is 2.09. The standard InChI is InChI=1S/C11H13FN2O3/c1-7(14-16)9-6-8(12)2-3-10(9)17-5-4-11(13)15/h2-3,6,16H,4-5H2,1H3,(H2,13,15). The highest BCUT2D eigenvalue weighted by Gasteiger charge is 2.09. The van der Waals surface area contributed by atoms with E-state index in [2.05, 4.69) is 5.16 Å². The van der Waals surface area contributed by atoms with Gasteiger partial charge in [-0.15, -0.1) is 0 Å². The van der Waals surface area contributed by atoms with E-state index in [4.69, 9.17) is 15.7 Å². The first-order chi connectivity index (χ1) is 8.04. The normalized spacial score (nSPS) is 11.3. The fourth-order valence-corrected chi connectivity index (χ4v) is 1.23. The Morgan fingerprint density at radius 3 is 2.88 bits per heavy atom. The zero-order valence-electron chi connectivity index (χ0n) is 9.31. The molecule has 0 aliphatic carbocycles. The molecule has 6 heteroatoms. The molecule has 0 radical (unpaired) electrons. The highest BCUT2D eigenvalue weighted by atomic mass is 19.1. The van der Waals surface area contributed by atoms with Gasteiger partial charge in [-0.05, 0) is 25.1 Å². The molecule has 3 N–H and O–H groups in total. The van der Waals surface area contributed by atoms with Crippen molar-refractivity contribution in [1.82, 2.24) is 0 Å². The summed E-state index contributed by atoms with van der Waals surface area (Å²) in [5.41, 5.74) is 5.51. The quantitative estimate of drug-likeness (QED) is 0.462. The number of benzene rings is 1. The van der Waals surface area contributed by atoms with Crippen LogP contribution < -0.4 is 10.5 Å². The fraction of sp³-hybridized carbons (Fsp3) is 0.273. The molecule has 0 heterocycles. The van der Waals surface area contributed by atoms with Gasteiger partial charge in [0, 0.05) is 5.56 Å². The van der Waals surface area contributed by atoms with Gasteiger partial charge in [-0.2, -0.15) is 0 Å². The van der Waals surface area contributed by atoms with E-state index in [1.807, 2.05) is 0 Å². The molecule has 0 spiro atoms. The first-order valence-electron chi connectivity index (χ1n) is 4.94. The number of rotatable bonds is 5. The maximum absolute atomic E-state index is 13.0. The Bertz CT molecular complexity index is 446. The summed E-state index contributed by atoms with van der Waals surface area (Å²) in [6.45, 7) is 1.60. The largest absolute Gasteiger partial charge is 0.492 e. The van der Waals surface area contributed by atoms with Gasteiger partial charge in [0.25, 0.3) is 0 Å². The molecule has 5 nitrogen and oxygen atoms in total. The second kappa shape index (κ2) is 5.83. The Labute approximate surface area is 97.7 Å². The van der Waals surface area contributed by atoms with Crippen LogP contribution >= 0.6 is 0 Å². The average molecular weight is 240 g/mol. The molecule has 0 atom stereocenters. The lowest BCUT2D eigenvalue weighted by Crippen LogP contribution is -2.15. The summed E-state index contributed by atoms with van der Waals surface area (Å²) in [6.07, 6.45) is 0.0616. The molecule has 0 saturated carbocycles. The number of hydrogen-bond donors (Lipinski definition) is 2. The summed E-state index contributed by atoms with van der Waals surface area (Å²) < 4.78 is 18.3. The van der Waals surface area contributed by atoms with Gasteiger partial charge in [0.1, 0.15) is 11.6 Å². The number of amides is 1. The minimum Gasteiger partial charge on any atom is -0.492 e. The molecule has 0 saturated heterocycles. The monoisotopic (exact) mass is 240 g/mol. The molecular formula is C11H13FN2O3. The molecule has 0 unspecified atom stereocenters. The molecule has 17 heavy (non-hydrogen) atoms. The average Bonchev–Trinajstić information content (AvgIpc) is 2.29. The van der Waals surface area contributed by atoms with E-state index in [0.717, 1.165) is 0 Å². The molecule has 0 aliphatic heterocycles. The van der Waals surface area contributed by atoms with Gasteiger partial charge in [-0.1, -0.05) is 5.16 Å². The number of halogens is 1. The van der Waals surface area contributed by atoms with E-state index in [0.29, 0.717) is 11.3 Å². The summed E-state index contributed by atoms with van der Waals surface area (Å²) in [5.74, 6) is -0.616. The van der Waals surface area contributed by atoms with Crippen molar-refractivity contribution >= 4 is 11.6 Å². The fourth-order valence-electron chi connectivity index (χ4n) is 1.23. The lowest BCUT2D eigenvalue weighted by molar-refractivity contribution is -0.118. The van der Waals surface area contributed by atoms with Gasteiger partial charge in [0.2, 0.25) is 5.91 Å². The molecule has 0 aromatic heterocycles. The molecule has 1 rings (SSSR count). The van der Waals surface area contributed by atoms with Gasteiger partial charge in [-0.25, -0.2) is 4.39 Å². The van der Waals surface area contributed by atoms with Crippen LogP contribution in [0.2, 0.25) is 0 Å². The van der Waals surface area contributed by atoms with Crippen molar-refractivity contribution in [2.24, 2.45) is 10.9 Å². The highest BCUT2D eigenvalue weighted by molar-refractivity contribution is 6.00. The molecular weight excluding hydrogens is 227 g/mol. The molecule has 1 aromatic rings. The first kappa shape index (κ1) is 13.0. The second-order valence-electron chi connectivity index (χ2n) is 3.39. The van der Waals surface area contributed by atoms with Crippen LogP contribution in [0.3, 0.4) is 0 Å². The Morgan fingerprint density at radius 1 is 1.59 bits per heavy atom. The van der Waals surface area contributed by atoms with Crippen molar-refractivity contribution in [2.75, 3.05) is 6.61 Å². The molecule has 0 fully saturated rings. The molecule has 92 valence electrons. The summed E-state index contributed by atoms with van der Waals surface area (Å²) in [5, 5.41) is 11.6. The maximum Gasteiger partial charge on any atom is 0.220 e. The lowest BCUT2D eigenvalue weighted by Gasteiger charge is -2.10. The van der Waals surface area contributed by atoms with Crippen LogP contribution in [0.25, 0.3) is 0 Å². The van der Waals surface area contributed by atoms with Crippen LogP contribution in [0.4, 0.5) is 4.39 Å². The number of ether oxygens (including phenoxy) is 1. The Balaban J connectivity index is 2.87. The smallest absolute Gasteiger partial charge is 0.220 e. The van der Waals surface area contributed by atoms with E-state index < -0.39 is 11.7 Å². The third-order valence-electron chi connectivity index (χ3n) is 2.09. The van der Waals surface area contributed by atoms with Gasteiger partial charge in [0.05, 0.1) is 18.7 Å². The minimum atomic E-state index is -0.485. The second-order valence-corrected chi connectivity index (χ2v) is 3.39. The predicted molar refractivity (Wildman–Crippen MR) is 59.7 cm³/mol. The third kappa shape index (κ3) is 3.75. The number of carbonyl (C=O) groups is 1. The topological polar surface area (TPSA) is 84.9 Å². The van der Waals surface area contributed by atoms with E-state index in [1.54, 1.807) is 0 Å². The number of oxime groups is 1. The first-order valence-corrected chi connectivity index (χ1v) is 4.94. The van der Waals surface area contributed by atoms with Gasteiger partial charge in [-0.3, -0.25) is 4.79 Å². The van der Waals surface area contributed by atoms with Crippen LogP contribution in [0.15, 0.2) is 23.4 Å². The van der Waals surface area contributed by atoms with Crippen molar-refractivity contribution in [3.63, 3.8) is 0 Å². The number of nitrogens with zero attached hydrogens (tertiary/aromatic N) is 1. The van der Waals surface area contributed by atoms with E-state index in [9.17, 15) is 9.18 Å². The molecule has 1 aromatic carbocycles. The maximum atomic E-state index is 13.0. The minimum absolute atomic E-state index is 0.0616. The van der Waals surface area contributed by atoms with Gasteiger partial charge in [0.15, 0.2) is 0 Å². The summed E-state index contributed by atoms with van der Waals surface area (Å²) >= 11 is 0. The predicted octanol–water partition coefficient (Wildman–Crippen LogP) is 1.28. The summed E-state index contributed by atoms with van der Waals surface area (Å²) in [6, 6.07) is 3.81. The Kier molecular flexibility index (Phi) is 4.45. The highest BCUT2D eigenvalue weighted by Crippen LogP contribution is 2.20. The zero-order chi connectivity index (χ0) is 12.8. The van der Waals surface area contributed by atoms with Crippen molar-refractivity contribution in [2.45, 2.75) is 13.3 Å². The number of hydrogen-bond acceptors (Lipinski definition) is 4. The molecule has 0 bridgehead atoms. The van der Waals surface area contributed by atoms with Crippen molar-refractivity contribution < 1.29 is 19.1 Å². The van der Waals surface area contributed by atoms with Gasteiger partial charge < -0.3 is 15.7 Å². The summed E-state index contributed by atoms with van der Waals surface area (Å²) in [4.78, 5) is 10.5. The van der Waals surface area contributed by atoms with E-state index in [-0.39, 0.29) is 18.7 Å². The van der Waals surface area contributed by atoms with Crippen LogP contribution in [0.5, 0.6) is 5.75 Å². The molecule has 0 aliphatic rings. The number of nitrogens with two attached hydrogens (primary N) is 1. The van der Waals surface area contributed by atoms with Crippen LogP contribution in [0, 0.1) is 5.82 Å². The van der Waals surface area contributed by atoms with E-state index in [1.165, 1.54) is 25.1 Å². The zero-order valence-corrected chi connectivity index (χ0v) is 9.31. The SMILES string of the molecule is CC(=NO)c1cc(F)ccc1OCCC(N)=O. The summed E-state index contributed by atoms with van der Waals surface area (Å²) in [7, 11) is 0. The van der Waals surface area contributed by atoms with Crippen LogP contribution in [-0.2, 0) is 4.79 Å². The Hall–Kier alpha value is -2.11. The Morgan fingerprint density at radius 2 is 2.29 bits per heavy atom. The van der Waals surface area contributed by atoms with Crippen molar-refractivity contribution in [3.05, 3.63) is 29.6 Å².